The Labute approximate surface area is 163 Å². The van der Waals surface area contributed by atoms with Gasteiger partial charge < -0.3 is 24.8 Å². The molecule has 146 valence electrons. The van der Waals surface area contributed by atoms with E-state index in [1.807, 2.05) is 36.4 Å². The van der Waals surface area contributed by atoms with Gasteiger partial charge in [0.25, 0.3) is 0 Å². The summed E-state index contributed by atoms with van der Waals surface area (Å²) in [5.74, 6) is 3.21. The first-order valence-corrected chi connectivity index (χ1v) is 8.77. The maximum absolute atomic E-state index is 5.37. The normalized spacial score (nSPS) is 10.2. The standard InChI is InChI=1S/C20H23N5O3/c1-26-15-6-4-5-14(11-15)9-10-21-20-24-19(13-22-25-20)23-17-12-16(27-2)7-8-18(17)28-3/h4-8,11-13H,9-10H2,1-3H3,(H2,21,23,24,25). The molecule has 28 heavy (non-hydrogen) atoms. The number of benzene rings is 2. The quantitative estimate of drug-likeness (QED) is 0.583. The lowest BCUT2D eigenvalue weighted by Crippen LogP contribution is -2.10. The summed E-state index contributed by atoms with van der Waals surface area (Å²) in [7, 11) is 4.88. The first-order valence-electron chi connectivity index (χ1n) is 8.77. The van der Waals surface area contributed by atoms with Gasteiger partial charge in [-0.25, -0.2) is 0 Å². The van der Waals surface area contributed by atoms with Crippen LogP contribution >= 0.6 is 0 Å². The van der Waals surface area contributed by atoms with Crippen LogP contribution in [0.1, 0.15) is 5.56 Å². The molecule has 0 aliphatic heterocycles. The molecule has 0 atom stereocenters. The molecule has 0 saturated heterocycles. The highest BCUT2D eigenvalue weighted by Gasteiger charge is 2.08. The first-order chi connectivity index (χ1) is 13.7. The zero-order valence-corrected chi connectivity index (χ0v) is 16.1. The second kappa shape index (κ2) is 9.40. The van der Waals surface area contributed by atoms with Gasteiger partial charge in [-0.05, 0) is 36.2 Å². The Hall–Kier alpha value is -3.55. The number of nitrogens with one attached hydrogen (secondary N) is 2. The van der Waals surface area contributed by atoms with Crippen LogP contribution in [0.2, 0.25) is 0 Å². The van der Waals surface area contributed by atoms with E-state index in [0.29, 0.717) is 29.8 Å². The smallest absolute Gasteiger partial charge is 0.244 e. The topological polar surface area (TPSA) is 90.4 Å². The summed E-state index contributed by atoms with van der Waals surface area (Å²) in [5.41, 5.74) is 1.89. The number of nitrogens with zero attached hydrogens (tertiary/aromatic N) is 3. The molecule has 2 aromatic carbocycles. The van der Waals surface area contributed by atoms with Crippen LogP contribution in [-0.4, -0.2) is 43.1 Å². The predicted molar refractivity (Wildman–Crippen MR) is 108 cm³/mol. The van der Waals surface area contributed by atoms with Gasteiger partial charge in [0.1, 0.15) is 17.2 Å². The number of rotatable bonds is 9. The molecule has 8 heteroatoms. The average molecular weight is 381 g/mol. The Bertz CT molecular complexity index is 920. The predicted octanol–water partition coefficient (Wildman–Crippen LogP) is 3.30. The van der Waals surface area contributed by atoms with E-state index < -0.39 is 0 Å². The van der Waals surface area contributed by atoms with E-state index in [4.69, 9.17) is 14.2 Å². The van der Waals surface area contributed by atoms with E-state index in [2.05, 4.69) is 31.9 Å². The third kappa shape index (κ3) is 5.00. The van der Waals surface area contributed by atoms with Crippen molar-refractivity contribution >= 4 is 17.5 Å². The molecule has 2 N–H and O–H groups in total. The van der Waals surface area contributed by atoms with Gasteiger partial charge in [-0.2, -0.15) is 10.1 Å². The van der Waals surface area contributed by atoms with E-state index in [0.717, 1.165) is 23.4 Å². The lowest BCUT2D eigenvalue weighted by atomic mass is 10.1. The van der Waals surface area contributed by atoms with Gasteiger partial charge in [0.2, 0.25) is 5.95 Å². The van der Waals surface area contributed by atoms with E-state index >= 15 is 0 Å². The zero-order chi connectivity index (χ0) is 19.8. The minimum Gasteiger partial charge on any atom is -0.497 e. The molecule has 0 aliphatic rings. The van der Waals surface area contributed by atoms with Crippen molar-refractivity contribution in [2.45, 2.75) is 6.42 Å². The van der Waals surface area contributed by atoms with Gasteiger partial charge in [-0.3, -0.25) is 0 Å². The fourth-order valence-corrected chi connectivity index (χ4v) is 2.64. The van der Waals surface area contributed by atoms with Gasteiger partial charge >= 0.3 is 0 Å². The Morgan fingerprint density at radius 3 is 2.54 bits per heavy atom. The Morgan fingerprint density at radius 1 is 0.929 bits per heavy atom. The van der Waals surface area contributed by atoms with Crippen molar-refractivity contribution in [2.24, 2.45) is 0 Å². The third-order valence-electron chi connectivity index (χ3n) is 4.06. The van der Waals surface area contributed by atoms with Gasteiger partial charge in [0, 0.05) is 12.6 Å². The molecule has 0 saturated carbocycles. The van der Waals surface area contributed by atoms with Crippen LogP contribution in [0.25, 0.3) is 0 Å². The van der Waals surface area contributed by atoms with Gasteiger partial charge in [0.05, 0.1) is 33.2 Å². The van der Waals surface area contributed by atoms with Crippen LogP contribution in [0, 0.1) is 0 Å². The molecule has 0 fully saturated rings. The number of anilines is 3. The highest BCUT2D eigenvalue weighted by atomic mass is 16.5. The first kappa shape index (κ1) is 19.2. The van der Waals surface area contributed by atoms with Gasteiger partial charge in [-0.1, -0.05) is 12.1 Å². The molecule has 0 aliphatic carbocycles. The molecule has 0 unspecified atom stereocenters. The molecule has 0 amide bonds. The number of aromatic nitrogens is 3. The molecule has 8 nitrogen and oxygen atoms in total. The highest BCUT2D eigenvalue weighted by molar-refractivity contribution is 5.66. The second-order valence-electron chi connectivity index (χ2n) is 5.88. The van der Waals surface area contributed by atoms with Crippen molar-refractivity contribution in [3.05, 3.63) is 54.2 Å². The summed E-state index contributed by atoms with van der Waals surface area (Å²) in [6, 6.07) is 13.4. The van der Waals surface area contributed by atoms with Crippen molar-refractivity contribution in [1.29, 1.82) is 0 Å². The average Bonchev–Trinajstić information content (AvgIpc) is 2.74. The molecule has 0 bridgehead atoms. The molecule has 1 heterocycles. The van der Waals surface area contributed by atoms with Crippen molar-refractivity contribution in [3.63, 3.8) is 0 Å². The summed E-state index contributed by atoms with van der Waals surface area (Å²) in [6.07, 6.45) is 2.36. The largest absolute Gasteiger partial charge is 0.497 e. The minimum atomic E-state index is 0.440. The van der Waals surface area contributed by atoms with Crippen molar-refractivity contribution in [3.8, 4) is 17.2 Å². The molecule has 1 aromatic heterocycles. The van der Waals surface area contributed by atoms with E-state index in [-0.39, 0.29) is 0 Å². The van der Waals surface area contributed by atoms with Crippen molar-refractivity contribution < 1.29 is 14.2 Å². The number of methoxy groups -OCH3 is 3. The lowest BCUT2D eigenvalue weighted by molar-refractivity contribution is 0.405. The van der Waals surface area contributed by atoms with Crippen molar-refractivity contribution in [1.82, 2.24) is 15.2 Å². The lowest BCUT2D eigenvalue weighted by Gasteiger charge is -2.12. The Kier molecular flexibility index (Phi) is 6.46. The highest BCUT2D eigenvalue weighted by Crippen LogP contribution is 2.30. The van der Waals surface area contributed by atoms with Crippen LogP contribution in [0.4, 0.5) is 17.5 Å². The maximum Gasteiger partial charge on any atom is 0.244 e. The fourth-order valence-electron chi connectivity index (χ4n) is 2.64. The summed E-state index contributed by atoms with van der Waals surface area (Å²) >= 11 is 0. The fraction of sp³-hybridized carbons (Fsp3) is 0.250. The van der Waals surface area contributed by atoms with E-state index in [1.54, 1.807) is 27.5 Å². The van der Waals surface area contributed by atoms with Crippen molar-refractivity contribution in [2.75, 3.05) is 38.5 Å². The van der Waals surface area contributed by atoms with Crippen LogP contribution in [-0.2, 0) is 6.42 Å². The summed E-state index contributed by atoms with van der Waals surface area (Å²) in [6.45, 7) is 0.667. The minimum absolute atomic E-state index is 0.440. The SMILES string of the molecule is COc1cccc(CCNc2nncc(Nc3cc(OC)ccc3OC)n2)c1. The Morgan fingerprint density at radius 2 is 1.75 bits per heavy atom. The van der Waals surface area contributed by atoms with E-state index in [9.17, 15) is 0 Å². The number of hydrogen-bond acceptors (Lipinski definition) is 8. The third-order valence-corrected chi connectivity index (χ3v) is 4.06. The molecule has 3 rings (SSSR count). The zero-order valence-electron chi connectivity index (χ0n) is 16.1. The molecule has 0 spiro atoms. The number of hydrogen-bond donors (Lipinski definition) is 2. The number of ether oxygens (including phenoxy) is 3. The van der Waals surface area contributed by atoms with Gasteiger partial charge in [0.15, 0.2) is 5.82 Å². The molecular weight excluding hydrogens is 358 g/mol. The van der Waals surface area contributed by atoms with Crippen LogP contribution in [0.3, 0.4) is 0 Å². The van der Waals surface area contributed by atoms with E-state index in [1.165, 1.54) is 0 Å². The maximum atomic E-state index is 5.37. The molecule has 3 aromatic rings. The summed E-state index contributed by atoms with van der Waals surface area (Å²) < 4.78 is 15.9. The molecular formula is C20H23N5O3. The second-order valence-corrected chi connectivity index (χ2v) is 5.88. The van der Waals surface area contributed by atoms with Crippen LogP contribution in [0.5, 0.6) is 17.2 Å². The summed E-state index contributed by atoms with van der Waals surface area (Å²) in [5, 5.41) is 14.4. The Balaban J connectivity index is 1.64. The summed E-state index contributed by atoms with van der Waals surface area (Å²) in [4.78, 5) is 4.45. The van der Waals surface area contributed by atoms with Gasteiger partial charge in [-0.15, -0.1) is 5.10 Å². The van der Waals surface area contributed by atoms with Crippen LogP contribution in [0.15, 0.2) is 48.7 Å². The van der Waals surface area contributed by atoms with Crippen LogP contribution < -0.4 is 24.8 Å². The monoisotopic (exact) mass is 381 g/mol. The molecule has 0 radical (unpaired) electrons.